The molecule has 0 aromatic heterocycles. The normalized spacial score (nSPS) is 18.5. The number of alkyl carbamates (subject to hydrolysis) is 1. The highest BCUT2D eigenvalue weighted by Crippen LogP contribution is 2.18. The third-order valence-corrected chi connectivity index (χ3v) is 4.00. The first-order valence-electron chi connectivity index (χ1n) is 8.70. The summed E-state index contributed by atoms with van der Waals surface area (Å²) in [6, 6.07) is 7.14. The third kappa shape index (κ3) is 5.96. The predicted molar refractivity (Wildman–Crippen MR) is 95.4 cm³/mol. The number of carbonyl (C=O) groups is 2. The minimum absolute atomic E-state index is 0.0563. The minimum Gasteiger partial charge on any atom is -0.497 e. The zero-order chi connectivity index (χ0) is 18.4. The van der Waals surface area contributed by atoms with Crippen LogP contribution in [0.2, 0.25) is 0 Å². The van der Waals surface area contributed by atoms with E-state index in [1.165, 1.54) is 0 Å². The molecule has 0 unspecified atom stereocenters. The van der Waals surface area contributed by atoms with Crippen LogP contribution in [-0.2, 0) is 16.1 Å². The fourth-order valence-corrected chi connectivity index (χ4v) is 2.80. The lowest BCUT2D eigenvalue weighted by molar-refractivity contribution is -0.133. The number of nitrogens with one attached hydrogen (secondary N) is 1. The SMILES string of the molecule is COc1ccc(CN2CCCC[C@H](NC(=O)OC(C)(C)C)C2=O)cc1. The molecule has 25 heavy (non-hydrogen) atoms. The van der Waals surface area contributed by atoms with E-state index in [1.54, 1.807) is 32.8 Å². The van der Waals surface area contributed by atoms with Crippen molar-refractivity contribution in [1.29, 1.82) is 0 Å². The quantitative estimate of drug-likeness (QED) is 0.908. The van der Waals surface area contributed by atoms with Crippen molar-refractivity contribution in [3.63, 3.8) is 0 Å². The molecule has 1 fully saturated rings. The fraction of sp³-hybridized carbons (Fsp3) is 0.579. The molecule has 2 amide bonds. The van der Waals surface area contributed by atoms with Gasteiger partial charge < -0.3 is 19.7 Å². The molecule has 2 rings (SSSR count). The molecule has 0 spiro atoms. The number of methoxy groups -OCH3 is 1. The Balaban J connectivity index is 2.01. The Morgan fingerprint density at radius 1 is 1.24 bits per heavy atom. The van der Waals surface area contributed by atoms with E-state index < -0.39 is 17.7 Å². The lowest BCUT2D eigenvalue weighted by Crippen LogP contribution is -2.48. The maximum Gasteiger partial charge on any atom is 0.408 e. The number of likely N-dealkylation sites (tertiary alicyclic amines) is 1. The number of amides is 2. The van der Waals surface area contributed by atoms with Gasteiger partial charge in [0.1, 0.15) is 17.4 Å². The van der Waals surface area contributed by atoms with Crippen molar-refractivity contribution in [2.75, 3.05) is 13.7 Å². The Kier molecular flexibility index (Phi) is 6.28. The van der Waals surface area contributed by atoms with E-state index in [0.717, 1.165) is 24.2 Å². The second-order valence-electron chi connectivity index (χ2n) is 7.30. The summed E-state index contributed by atoms with van der Waals surface area (Å²) >= 11 is 0. The summed E-state index contributed by atoms with van der Waals surface area (Å²) in [7, 11) is 1.63. The first-order valence-corrected chi connectivity index (χ1v) is 8.70. The van der Waals surface area contributed by atoms with Gasteiger partial charge in [-0.1, -0.05) is 12.1 Å². The van der Waals surface area contributed by atoms with Gasteiger partial charge in [0.05, 0.1) is 7.11 Å². The summed E-state index contributed by atoms with van der Waals surface area (Å²) in [6.07, 6.45) is 1.91. The lowest BCUT2D eigenvalue weighted by Gasteiger charge is -2.26. The number of hydrogen-bond donors (Lipinski definition) is 1. The Morgan fingerprint density at radius 3 is 2.52 bits per heavy atom. The van der Waals surface area contributed by atoms with Gasteiger partial charge in [-0.15, -0.1) is 0 Å². The zero-order valence-electron chi connectivity index (χ0n) is 15.5. The largest absolute Gasteiger partial charge is 0.497 e. The van der Waals surface area contributed by atoms with Crippen LogP contribution in [0, 0.1) is 0 Å². The third-order valence-electron chi connectivity index (χ3n) is 4.00. The van der Waals surface area contributed by atoms with Crippen molar-refractivity contribution in [1.82, 2.24) is 10.2 Å². The van der Waals surface area contributed by atoms with Gasteiger partial charge in [-0.25, -0.2) is 4.79 Å². The smallest absolute Gasteiger partial charge is 0.408 e. The molecule has 0 bridgehead atoms. The fourth-order valence-electron chi connectivity index (χ4n) is 2.80. The van der Waals surface area contributed by atoms with E-state index in [1.807, 2.05) is 24.3 Å². The summed E-state index contributed by atoms with van der Waals surface area (Å²) in [5.41, 5.74) is 0.452. The Hall–Kier alpha value is -2.24. The number of hydrogen-bond acceptors (Lipinski definition) is 4. The first-order chi connectivity index (χ1) is 11.8. The molecular formula is C19H28N2O4. The molecule has 0 saturated carbocycles. The molecule has 6 heteroatoms. The number of ether oxygens (including phenoxy) is 2. The standard InChI is InChI=1S/C19H28N2O4/c1-19(2,3)25-18(23)20-16-7-5-6-12-21(17(16)22)13-14-8-10-15(24-4)11-9-14/h8-11,16H,5-7,12-13H2,1-4H3,(H,20,23)/t16-/m0/s1. The van der Waals surface area contributed by atoms with Crippen molar-refractivity contribution < 1.29 is 19.1 Å². The molecule has 1 aromatic rings. The van der Waals surface area contributed by atoms with Gasteiger partial charge in [-0.2, -0.15) is 0 Å². The van der Waals surface area contributed by atoms with Gasteiger partial charge in [0, 0.05) is 13.1 Å². The van der Waals surface area contributed by atoms with Crippen molar-refractivity contribution in [3.05, 3.63) is 29.8 Å². The van der Waals surface area contributed by atoms with Crippen LogP contribution in [0.25, 0.3) is 0 Å². The molecule has 0 aliphatic carbocycles. The van der Waals surface area contributed by atoms with Crippen LogP contribution in [0.3, 0.4) is 0 Å². The highest BCUT2D eigenvalue weighted by molar-refractivity contribution is 5.86. The zero-order valence-corrected chi connectivity index (χ0v) is 15.5. The van der Waals surface area contributed by atoms with Crippen molar-refractivity contribution in [2.45, 2.75) is 58.2 Å². The first kappa shape index (κ1) is 19.1. The Bertz CT molecular complexity index is 592. The van der Waals surface area contributed by atoms with Gasteiger partial charge in [-0.05, 0) is 57.7 Å². The molecular weight excluding hydrogens is 320 g/mol. The van der Waals surface area contributed by atoms with Crippen LogP contribution < -0.4 is 10.1 Å². The van der Waals surface area contributed by atoms with Crippen LogP contribution >= 0.6 is 0 Å². The van der Waals surface area contributed by atoms with Crippen LogP contribution in [0.5, 0.6) is 5.75 Å². The summed E-state index contributed by atoms with van der Waals surface area (Å²) < 4.78 is 10.4. The number of benzene rings is 1. The van der Waals surface area contributed by atoms with E-state index in [-0.39, 0.29) is 5.91 Å². The second kappa shape index (κ2) is 8.23. The molecule has 1 aromatic carbocycles. The average Bonchev–Trinajstić information content (AvgIpc) is 2.70. The predicted octanol–water partition coefficient (Wildman–Crippen LogP) is 3.10. The molecule has 6 nitrogen and oxygen atoms in total. The van der Waals surface area contributed by atoms with Crippen LogP contribution in [0.15, 0.2) is 24.3 Å². The molecule has 1 saturated heterocycles. The van der Waals surface area contributed by atoms with Gasteiger partial charge in [0.15, 0.2) is 0 Å². The highest BCUT2D eigenvalue weighted by Gasteiger charge is 2.29. The van der Waals surface area contributed by atoms with Crippen LogP contribution in [-0.4, -0.2) is 42.2 Å². The Labute approximate surface area is 149 Å². The number of nitrogens with zero attached hydrogens (tertiary/aromatic N) is 1. The lowest BCUT2D eigenvalue weighted by atomic mass is 10.1. The highest BCUT2D eigenvalue weighted by atomic mass is 16.6. The second-order valence-corrected chi connectivity index (χ2v) is 7.30. The van der Waals surface area contributed by atoms with E-state index in [4.69, 9.17) is 9.47 Å². The topological polar surface area (TPSA) is 67.9 Å². The molecule has 1 heterocycles. The van der Waals surface area contributed by atoms with E-state index in [0.29, 0.717) is 19.5 Å². The maximum atomic E-state index is 12.8. The monoisotopic (exact) mass is 348 g/mol. The van der Waals surface area contributed by atoms with Crippen molar-refractivity contribution in [2.24, 2.45) is 0 Å². The summed E-state index contributed by atoms with van der Waals surface area (Å²) in [4.78, 5) is 26.6. The van der Waals surface area contributed by atoms with Crippen molar-refractivity contribution >= 4 is 12.0 Å². The molecule has 138 valence electrons. The summed E-state index contributed by atoms with van der Waals surface area (Å²) in [5.74, 6) is 0.731. The van der Waals surface area contributed by atoms with Gasteiger partial charge in [-0.3, -0.25) is 4.79 Å². The van der Waals surface area contributed by atoms with Gasteiger partial charge in [0.25, 0.3) is 0 Å². The molecule has 1 N–H and O–H groups in total. The Morgan fingerprint density at radius 2 is 1.92 bits per heavy atom. The molecule has 1 atom stereocenters. The van der Waals surface area contributed by atoms with Crippen LogP contribution in [0.1, 0.15) is 45.6 Å². The summed E-state index contributed by atoms with van der Waals surface area (Å²) in [6.45, 7) is 6.62. The maximum absolute atomic E-state index is 12.8. The number of rotatable bonds is 4. The van der Waals surface area contributed by atoms with Gasteiger partial charge in [0.2, 0.25) is 5.91 Å². The summed E-state index contributed by atoms with van der Waals surface area (Å²) in [5, 5.41) is 2.73. The minimum atomic E-state index is -0.583. The molecule has 0 radical (unpaired) electrons. The number of carbonyl (C=O) groups excluding carboxylic acids is 2. The molecule has 1 aliphatic rings. The average molecular weight is 348 g/mol. The van der Waals surface area contributed by atoms with Crippen LogP contribution in [0.4, 0.5) is 4.79 Å². The van der Waals surface area contributed by atoms with E-state index in [2.05, 4.69) is 5.32 Å². The van der Waals surface area contributed by atoms with Crippen molar-refractivity contribution in [3.8, 4) is 5.75 Å². The van der Waals surface area contributed by atoms with Gasteiger partial charge >= 0.3 is 6.09 Å². The van der Waals surface area contributed by atoms with E-state index >= 15 is 0 Å². The van der Waals surface area contributed by atoms with E-state index in [9.17, 15) is 9.59 Å². The molecule has 1 aliphatic heterocycles.